The van der Waals surface area contributed by atoms with Crippen LogP contribution in [0, 0.1) is 17.2 Å². The Morgan fingerprint density at radius 3 is 2.83 bits per heavy atom. The zero-order chi connectivity index (χ0) is 13.4. The molecule has 4 heteroatoms. The number of nitriles is 1. The van der Waals surface area contributed by atoms with Gasteiger partial charge in [0.2, 0.25) is 5.91 Å². The van der Waals surface area contributed by atoms with Crippen LogP contribution in [0.15, 0.2) is 24.3 Å². The molecular formula is C14H18N2O2. The van der Waals surface area contributed by atoms with Crippen molar-refractivity contribution in [2.45, 2.75) is 20.3 Å². The molecule has 1 aromatic carbocycles. The summed E-state index contributed by atoms with van der Waals surface area (Å²) in [4.78, 5) is 11.6. The zero-order valence-corrected chi connectivity index (χ0v) is 10.8. The number of ether oxygens (including phenoxy) is 1. The SMILES string of the molecule is CC(C)CCOCC(=O)Nc1ccccc1C#N. The van der Waals surface area contributed by atoms with E-state index in [0.29, 0.717) is 23.8 Å². The maximum absolute atomic E-state index is 11.6. The molecule has 18 heavy (non-hydrogen) atoms. The zero-order valence-electron chi connectivity index (χ0n) is 10.8. The van der Waals surface area contributed by atoms with Crippen molar-refractivity contribution in [1.82, 2.24) is 0 Å². The van der Waals surface area contributed by atoms with Crippen LogP contribution in [0.1, 0.15) is 25.8 Å². The van der Waals surface area contributed by atoms with Gasteiger partial charge in [0.05, 0.1) is 11.3 Å². The van der Waals surface area contributed by atoms with Gasteiger partial charge in [-0.3, -0.25) is 4.79 Å². The van der Waals surface area contributed by atoms with Crippen LogP contribution in [0.25, 0.3) is 0 Å². The van der Waals surface area contributed by atoms with E-state index in [0.717, 1.165) is 6.42 Å². The van der Waals surface area contributed by atoms with E-state index in [1.54, 1.807) is 24.3 Å². The van der Waals surface area contributed by atoms with Crippen molar-refractivity contribution in [3.63, 3.8) is 0 Å². The highest BCUT2D eigenvalue weighted by Gasteiger charge is 2.06. The molecule has 1 aromatic rings. The van der Waals surface area contributed by atoms with Crippen molar-refractivity contribution in [2.24, 2.45) is 5.92 Å². The number of carbonyl (C=O) groups is 1. The van der Waals surface area contributed by atoms with Crippen LogP contribution in [0.2, 0.25) is 0 Å². The first-order valence-electron chi connectivity index (χ1n) is 6.00. The lowest BCUT2D eigenvalue weighted by molar-refractivity contribution is -0.120. The minimum absolute atomic E-state index is 0.0203. The summed E-state index contributed by atoms with van der Waals surface area (Å²) in [6, 6.07) is 8.92. The number of carbonyl (C=O) groups excluding carboxylic acids is 1. The van der Waals surface area contributed by atoms with Gasteiger partial charge >= 0.3 is 0 Å². The van der Waals surface area contributed by atoms with Gasteiger partial charge < -0.3 is 10.1 Å². The first-order valence-corrected chi connectivity index (χ1v) is 6.00. The number of nitrogens with zero attached hydrogens (tertiary/aromatic N) is 1. The van der Waals surface area contributed by atoms with Gasteiger partial charge in [0.15, 0.2) is 0 Å². The van der Waals surface area contributed by atoms with E-state index < -0.39 is 0 Å². The molecule has 0 aliphatic heterocycles. The first-order chi connectivity index (χ1) is 8.63. The number of benzene rings is 1. The standard InChI is InChI=1S/C14H18N2O2/c1-11(2)7-8-18-10-14(17)16-13-6-4-3-5-12(13)9-15/h3-6,11H,7-8,10H2,1-2H3,(H,16,17). The van der Waals surface area contributed by atoms with Crippen LogP contribution in [0.3, 0.4) is 0 Å². The quantitative estimate of drug-likeness (QED) is 0.785. The Bertz CT molecular complexity index is 436. The van der Waals surface area contributed by atoms with Gasteiger partial charge in [0.1, 0.15) is 12.7 Å². The summed E-state index contributed by atoms with van der Waals surface area (Å²) >= 11 is 0. The van der Waals surface area contributed by atoms with E-state index in [2.05, 4.69) is 19.2 Å². The van der Waals surface area contributed by atoms with Gasteiger partial charge in [-0.1, -0.05) is 26.0 Å². The third-order valence-corrected chi connectivity index (χ3v) is 2.39. The van der Waals surface area contributed by atoms with Gasteiger partial charge in [0, 0.05) is 6.61 Å². The molecule has 0 heterocycles. The number of hydrogen-bond donors (Lipinski definition) is 1. The number of anilines is 1. The summed E-state index contributed by atoms with van der Waals surface area (Å²) in [6.07, 6.45) is 0.933. The number of amides is 1. The fourth-order valence-electron chi connectivity index (χ4n) is 1.36. The third kappa shape index (κ3) is 4.98. The summed E-state index contributed by atoms with van der Waals surface area (Å²) in [6.45, 7) is 4.80. The van der Waals surface area contributed by atoms with Crippen LogP contribution in [-0.4, -0.2) is 19.1 Å². The lowest BCUT2D eigenvalue weighted by atomic mass is 10.1. The highest BCUT2D eigenvalue weighted by Crippen LogP contribution is 2.13. The normalized spacial score (nSPS) is 10.1. The van der Waals surface area contributed by atoms with Gasteiger partial charge in [0.25, 0.3) is 0 Å². The van der Waals surface area contributed by atoms with E-state index in [4.69, 9.17) is 10.00 Å². The Morgan fingerprint density at radius 2 is 2.17 bits per heavy atom. The van der Waals surface area contributed by atoms with Crippen LogP contribution >= 0.6 is 0 Å². The van der Waals surface area contributed by atoms with E-state index in [-0.39, 0.29) is 12.5 Å². The summed E-state index contributed by atoms with van der Waals surface area (Å²) < 4.78 is 5.26. The molecule has 0 atom stereocenters. The largest absolute Gasteiger partial charge is 0.372 e. The molecule has 96 valence electrons. The fraction of sp³-hybridized carbons (Fsp3) is 0.429. The number of para-hydroxylation sites is 1. The molecule has 0 radical (unpaired) electrons. The maximum atomic E-state index is 11.6. The number of rotatable bonds is 6. The highest BCUT2D eigenvalue weighted by atomic mass is 16.5. The van der Waals surface area contributed by atoms with E-state index in [9.17, 15) is 4.79 Å². The van der Waals surface area contributed by atoms with Crippen LogP contribution in [0.4, 0.5) is 5.69 Å². The Morgan fingerprint density at radius 1 is 1.44 bits per heavy atom. The first kappa shape index (κ1) is 14.2. The topological polar surface area (TPSA) is 62.1 Å². The molecule has 0 fully saturated rings. The number of hydrogen-bond acceptors (Lipinski definition) is 3. The second kappa shape index (κ2) is 7.46. The maximum Gasteiger partial charge on any atom is 0.250 e. The van der Waals surface area contributed by atoms with Crippen LogP contribution in [0.5, 0.6) is 0 Å². The van der Waals surface area contributed by atoms with Gasteiger partial charge in [-0.2, -0.15) is 5.26 Å². The van der Waals surface area contributed by atoms with E-state index >= 15 is 0 Å². The predicted molar refractivity (Wildman–Crippen MR) is 70.1 cm³/mol. The van der Waals surface area contributed by atoms with E-state index in [1.807, 2.05) is 6.07 Å². The molecule has 1 amide bonds. The molecular weight excluding hydrogens is 228 g/mol. The summed E-state index contributed by atoms with van der Waals surface area (Å²) in [5.41, 5.74) is 0.977. The molecule has 0 spiro atoms. The van der Waals surface area contributed by atoms with Crippen molar-refractivity contribution >= 4 is 11.6 Å². The second-order valence-corrected chi connectivity index (χ2v) is 4.44. The summed E-state index contributed by atoms with van der Waals surface area (Å²) in [7, 11) is 0. The molecule has 4 nitrogen and oxygen atoms in total. The Hall–Kier alpha value is -1.86. The number of nitrogens with one attached hydrogen (secondary N) is 1. The molecule has 0 saturated carbocycles. The van der Waals surface area contributed by atoms with E-state index in [1.165, 1.54) is 0 Å². The van der Waals surface area contributed by atoms with Gasteiger partial charge in [-0.05, 0) is 24.5 Å². The van der Waals surface area contributed by atoms with Crippen molar-refractivity contribution in [3.8, 4) is 6.07 Å². The average Bonchev–Trinajstić information content (AvgIpc) is 2.35. The molecule has 0 aliphatic rings. The molecule has 1 N–H and O–H groups in total. The summed E-state index contributed by atoms with van der Waals surface area (Å²) in [5.74, 6) is 0.328. The average molecular weight is 246 g/mol. The third-order valence-electron chi connectivity index (χ3n) is 2.39. The molecule has 0 saturated heterocycles. The van der Waals surface area contributed by atoms with Crippen LogP contribution < -0.4 is 5.32 Å². The highest BCUT2D eigenvalue weighted by molar-refractivity contribution is 5.92. The Balaban J connectivity index is 2.38. The lowest BCUT2D eigenvalue weighted by Gasteiger charge is -2.08. The Kier molecular flexibility index (Phi) is 5.89. The molecule has 0 aliphatic carbocycles. The minimum Gasteiger partial charge on any atom is -0.372 e. The molecule has 1 rings (SSSR count). The van der Waals surface area contributed by atoms with Crippen molar-refractivity contribution in [3.05, 3.63) is 29.8 Å². The van der Waals surface area contributed by atoms with Crippen molar-refractivity contribution in [1.29, 1.82) is 5.26 Å². The minimum atomic E-state index is -0.235. The van der Waals surface area contributed by atoms with Crippen molar-refractivity contribution < 1.29 is 9.53 Å². The lowest BCUT2D eigenvalue weighted by Crippen LogP contribution is -2.19. The summed E-state index contributed by atoms with van der Waals surface area (Å²) in [5, 5.41) is 11.5. The fourth-order valence-corrected chi connectivity index (χ4v) is 1.36. The van der Waals surface area contributed by atoms with Gasteiger partial charge in [-0.25, -0.2) is 0 Å². The smallest absolute Gasteiger partial charge is 0.250 e. The predicted octanol–water partition coefficient (Wildman–Crippen LogP) is 2.56. The second-order valence-electron chi connectivity index (χ2n) is 4.44. The monoisotopic (exact) mass is 246 g/mol. The van der Waals surface area contributed by atoms with Crippen molar-refractivity contribution in [2.75, 3.05) is 18.5 Å². The van der Waals surface area contributed by atoms with Gasteiger partial charge in [-0.15, -0.1) is 0 Å². The molecule has 0 aromatic heterocycles. The molecule has 0 bridgehead atoms. The van der Waals surface area contributed by atoms with Crippen LogP contribution in [-0.2, 0) is 9.53 Å². The molecule has 0 unspecified atom stereocenters. The Labute approximate surface area is 108 Å².